The number of carbonyl (C=O) groups is 1. The molecule has 0 N–H and O–H groups in total. The molecule has 0 fully saturated rings. The number of ketones is 1. The summed E-state index contributed by atoms with van der Waals surface area (Å²) in [7, 11) is 0. The van der Waals surface area contributed by atoms with Crippen LogP contribution in [0.5, 0.6) is 0 Å². The van der Waals surface area contributed by atoms with Crippen LogP contribution in [0.25, 0.3) is 0 Å². The first-order valence-corrected chi connectivity index (χ1v) is 7.19. The van der Waals surface area contributed by atoms with Crippen LogP contribution in [0.2, 0.25) is 0 Å². The molecule has 0 saturated carbocycles. The first-order valence-electron chi connectivity index (χ1n) is 6.40. The van der Waals surface area contributed by atoms with E-state index in [0.717, 1.165) is 10.0 Å². The van der Waals surface area contributed by atoms with Crippen LogP contribution in [-0.4, -0.2) is 5.78 Å². The third kappa shape index (κ3) is 3.77. The SMILES string of the molecule is CC(=O)Cc1ccc(C(C)c2ccc(Br)cc2)cc1. The molecule has 0 aromatic heterocycles. The van der Waals surface area contributed by atoms with Gasteiger partial charge >= 0.3 is 0 Å². The number of hydrogen-bond acceptors (Lipinski definition) is 1. The molecule has 0 radical (unpaired) electrons. The molecule has 1 nitrogen and oxygen atoms in total. The van der Waals surface area contributed by atoms with Gasteiger partial charge < -0.3 is 0 Å². The molecule has 19 heavy (non-hydrogen) atoms. The largest absolute Gasteiger partial charge is 0.300 e. The molecule has 2 aromatic carbocycles. The zero-order valence-corrected chi connectivity index (χ0v) is 12.8. The molecule has 0 heterocycles. The van der Waals surface area contributed by atoms with Gasteiger partial charge in [0.15, 0.2) is 0 Å². The molecule has 0 aliphatic heterocycles. The molecule has 98 valence electrons. The summed E-state index contributed by atoms with van der Waals surface area (Å²) in [5.74, 6) is 0.563. The Morgan fingerprint density at radius 3 is 1.95 bits per heavy atom. The zero-order valence-electron chi connectivity index (χ0n) is 11.2. The second-order valence-electron chi connectivity index (χ2n) is 4.89. The van der Waals surface area contributed by atoms with E-state index in [4.69, 9.17) is 0 Å². The minimum atomic E-state index is 0.203. The van der Waals surface area contributed by atoms with E-state index >= 15 is 0 Å². The molecule has 0 saturated heterocycles. The van der Waals surface area contributed by atoms with Gasteiger partial charge in [-0.1, -0.05) is 59.3 Å². The van der Waals surface area contributed by atoms with Crippen LogP contribution in [0.1, 0.15) is 36.5 Å². The van der Waals surface area contributed by atoms with E-state index < -0.39 is 0 Å². The topological polar surface area (TPSA) is 17.1 Å². The summed E-state index contributed by atoms with van der Waals surface area (Å²) in [5.41, 5.74) is 3.65. The third-order valence-electron chi connectivity index (χ3n) is 3.30. The highest BCUT2D eigenvalue weighted by Gasteiger charge is 2.08. The quantitative estimate of drug-likeness (QED) is 0.796. The molecular weight excluding hydrogens is 300 g/mol. The van der Waals surface area contributed by atoms with E-state index in [1.807, 2.05) is 12.1 Å². The van der Waals surface area contributed by atoms with Gasteiger partial charge in [0.05, 0.1) is 0 Å². The molecule has 1 unspecified atom stereocenters. The Bertz CT molecular complexity index is 555. The van der Waals surface area contributed by atoms with Gasteiger partial charge in [0.1, 0.15) is 5.78 Å². The Balaban J connectivity index is 2.17. The van der Waals surface area contributed by atoms with Crippen LogP contribution in [0.4, 0.5) is 0 Å². The van der Waals surface area contributed by atoms with Crippen molar-refractivity contribution in [2.75, 3.05) is 0 Å². The van der Waals surface area contributed by atoms with Crippen molar-refractivity contribution in [3.8, 4) is 0 Å². The van der Waals surface area contributed by atoms with Gasteiger partial charge in [0.2, 0.25) is 0 Å². The number of halogens is 1. The van der Waals surface area contributed by atoms with Crippen LogP contribution >= 0.6 is 15.9 Å². The molecular formula is C17H17BrO. The second-order valence-corrected chi connectivity index (χ2v) is 5.81. The summed E-state index contributed by atoms with van der Waals surface area (Å²) < 4.78 is 1.10. The van der Waals surface area contributed by atoms with E-state index in [0.29, 0.717) is 12.3 Å². The average Bonchev–Trinajstić information content (AvgIpc) is 2.39. The minimum absolute atomic E-state index is 0.203. The Hall–Kier alpha value is -1.41. The van der Waals surface area contributed by atoms with Crippen molar-refractivity contribution < 1.29 is 4.79 Å². The maximum absolute atomic E-state index is 11.1. The van der Waals surface area contributed by atoms with Crippen LogP contribution in [0, 0.1) is 0 Å². The highest BCUT2D eigenvalue weighted by molar-refractivity contribution is 9.10. The molecule has 0 bridgehead atoms. The summed E-state index contributed by atoms with van der Waals surface area (Å²) in [5, 5.41) is 0. The van der Waals surface area contributed by atoms with Crippen molar-refractivity contribution in [2.45, 2.75) is 26.2 Å². The predicted octanol–water partition coefficient (Wildman–Crippen LogP) is 4.73. The number of Topliss-reactive ketones (excluding diaryl/α,β-unsaturated/α-hetero) is 1. The first kappa shape index (κ1) is 14.0. The van der Waals surface area contributed by atoms with Crippen molar-refractivity contribution in [1.82, 2.24) is 0 Å². The van der Waals surface area contributed by atoms with Crippen molar-refractivity contribution in [2.24, 2.45) is 0 Å². The molecule has 0 spiro atoms. The standard InChI is InChI=1S/C17H17BrO/c1-12(19)11-14-3-5-15(6-4-14)13(2)16-7-9-17(18)10-8-16/h3-10,13H,11H2,1-2H3. The fourth-order valence-corrected chi connectivity index (χ4v) is 2.42. The number of carbonyl (C=O) groups excluding carboxylic acids is 1. The van der Waals surface area contributed by atoms with Gasteiger partial charge in [0, 0.05) is 16.8 Å². The van der Waals surface area contributed by atoms with Crippen LogP contribution in [0.15, 0.2) is 53.0 Å². The molecule has 0 aliphatic rings. The number of rotatable bonds is 4. The number of benzene rings is 2. The van der Waals surface area contributed by atoms with Crippen molar-refractivity contribution in [3.05, 3.63) is 69.7 Å². The van der Waals surface area contributed by atoms with Crippen LogP contribution in [0.3, 0.4) is 0 Å². The summed E-state index contributed by atoms with van der Waals surface area (Å²) in [6.45, 7) is 3.82. The summed E-state index contributed by atoms with van der Waals surface area (Å²) in [6, 6.07) is 16.7. The van der Waals surface area contributed by atoms with E-state index in [1.54, 1.807) is 6.92 Å². The fraction of sp³-hybridized carbons (Fsp3) is 0.235. The summed E-state index contributed by atoms with van der Waals surface area (Å²) in [4.78, 5) is 11.1. The molecule has 0 aliphatic carbocycles. The lowest BCUT2D eigenvalue weighted by Crippen LogP contribution is -1.99. The van der Waals surface area contributed by atoms with Crippen LogP contribution in [-0.2, 0) is 11.2 Å². The normalized spacial score (nSPS) is 12.2. The van der Waals surface area contributed by atoms with Crippen molar-refractivity contribution >= 4 is 21.7 Å². The Labute approximate surface area is 122 Å². The van der Waals surface area contributed by atoms with Gasteiger partial charge in [-0.2, -0.15) is 0 Å². The lowest BCUT2D eigenvalue weighted by Gasteiger charge is -2.13. The average molecular weight is 317 g/mol. The van der Waals surface area contributed by atoms with Crippen LogP contribution < -0.4 is 0 Å². The van der Waals surface area contributed by atoms with Gasteiger partial charge in [-0.25, -0.2) is 0 Å². The van der Waals surface area contributed by atoms with Gasteiger partial charge in [-0.15, -0.1) is 0 Å². The van der Waals surface area contributed by atoms with Gasteiger partial charge in [0.25, 0.3) is 0 Å². The van der Waals surface area contributed by atoms with E-state index in [9.17, 15) is 4.79 Å². The lowest BCUT2D eigenvalue weighted by molar-refractivity contribution is -0.116. The van der Waals surface area contributed by atoms with E-state index in [-0.39, 0.29) is 5.78 Å². The van der Waals surface area contributed by atoms with Crippen molar-refractivity contribution in [1.29, 1.82) is 0 Å². The van der Waals surface area contributed by atoms with Crippen molar-refractivity contribution in [3.63, 3.8) is 0 Å². The Morgan fingerprint density at radius 2 is 1.47 bits per heavy atom. The second kappa shape index (κ2) is 6.16. The van der Waals surface area contributed by atoms with E-state index in [2.05, 4.69) is 59.3 Å². The molecule has 2 rings (SSSR count). The Kier molecular flexibility index (Phi) is 4.54. The maximum Gasteiger partial charge on any atom is 0.134 e. The fourth-order valence-electron chi connectivity index (χ4n) is 2.16. The summed E-state index contributed by atoms with van der Waals surface area (Å²) in [6.07, 6.45) is 0.521. The highest BCUT2D eigenvalue weighted by Crippen LogP contribution is 2.25. The molecule has 1 atom stereocenters. The molecule has 2 heteroatoms. The zero-order chi connectivity index (χ0) is 13.8. The third-order valence-corrected chi connectivity index (χ3v) is 3.83. The monoisotopic (exact) mass is 316 g/mol. The van der Waals surface area contributed by atoms with Gasteiger partial charge in [-0.05, 0) is 35.7 Å². The highest BCUT2D eigenvalue weighted by atomic mass is 79.9. The molecule has 2 aromatic rings. The predicted molar refractivity (Wildman–Crippen MR) is 82.5 cm³/mol. The molecule has 0 amide bonds. The lowest BCUT2D eigenvalue weighted by atomic mass is 9.92. The Morgan fingerprint density at radius 1 is 1.00 bits per heavy atom. The first-order chi connectivity index (χ1) is 9.06. The smallest absolute Gasteiger partial charge is 0.134 e. The van der Waals surface area contributed by atoms with E-state index in [1.165, 1.54) is 11.1 Å². The van der Waals surface area contributed by atoms with Gasteiger partial charge in [-0.3, -0.25) is 4.79 Å². The minimum Gasteiger partial charge on any atom is -0.300 e. The maximum atomic E-state index is 11.1. The number of hydrogen-bond donors (Lipinski definition) is 0. The summed E-state index contributed by atoms with van der Waals surface area (Å²) >= 11 is 3.45.